The molecule has 1 aromatic rings. The van der Waals surface area contributed by atoms with Gasteiger partial charge in [-0.25, -0.2) is 0 Å². The highest BCUT2D eigenvalue weighted by atomic mass is 32.1. The van der Waals surface area contributed by atoms with E-state index in [0.29, 0.717) is 12.2 Å². The third kappa shape index (κ3) is 2.27. The highest BCUT2D eigenvalue weighted by Crippen LogP contribution is 1.95. The number of hydrogen-bond donors (Lipinski definition) is 1. The Bertz CT molecular complexity index is 222. The fraction of sp³-hybridized carbons (Fsp3) is 0.500. The molecular formula is C6H9N3OS. The predicted molar refractivity (Wildman–Crippen MR) is 42.5 cm³/mol. The molecule has 0 bridgehead atoms. The van der Waals surface area contributed by atoms with Crippen molar-refractivity contribution in [2.24, 2.45) is 0 Å². The van der Waals surface area contributed by atoms with Crippen molar-refractivity contribution in [3.8, 4) is 0 Å². The zero-order valence-electron chi connectivity index (χ0n) is 6.20. The van der Waals surface area contributed by atoms with Gasteiger partial charge in [-0.3, -0.25) is 4.79 Å². The lowest BCUT2D eigenvalue weighted by molar-refractivity contribution is 0.0948. The van der Waals surface area contributed by atoms with Crippen LogP contribution in [0.25, 0.3) is 0 Å². The van der Waals surface area contributed by atoms with E-state index in [0.717, 1.165) is 6.42 Å². The van der Waals surface area contributed by atoms with Gasteiger partial charge in [-0.15, -0.1) is 5.10 Å². The minimum Gasteiger partial charge on any atom is -0.351 e. The zero-order chi connectivity index (χ0) is 8.10. The Morgan fingerprint density at radius 1 is 1.82 bits per heavy atom. The first-order valence-electron chi connectivity index (χ1n) is 3.40. The summed E-state index contributed by atoms with van der Waals surface area (Å²) in [7, 11) is 0. The molecule has 0 radical (unpaired) electrons. The number of nitrogens with zero attached hydrogens (tertiary/aromatic N) is 2. The number of amides is 1. The van der Waals surface area contributed by atoms with Crippen molar-refractivity contribution in [3.63, 3.8) is 0 Å². The lowest BCUT2D eigenvalue weighted by Crippen LogP contribution is -2.24. The Balaban J connectivity index is 2.43. The van der Waals surface area contributed by atoms with Gasteiger partial charge in [0, 0.05) is 11.9 Å². The number of carbonyl (C=O) groups excluding carboxylic acids is 1. The SMILES string of the molecule is CCCNC(=O)c1csnn1. The molecule has 60 valence electrons. The van der Waals surface area contributed by atoms with Crippen LogP contribution in [0.1, 0.15) is 23.8 Å². The van der Waals surface area contributed by atoms with E-state index in [4.69, 9.17) is 0 Å². The van der Waals surface area contributed by atoms with E-state index >= 15 is 0 Å². The van der Waals surface area contributed by atoms with Crippen LogP contribution >= 0.6 is 11.5 Å². The molecule has 0 aliphatic carbocycles. The quantitative estimate of drug-likeness (QED) is 0.727. The molecule has 0 unspecified atom stereocenters. The minimum absolute atomic E-state index is 0.138. The zero-order valence-corrected chi connectivity index (χ0v) is 7.02. The molecule has 1 N–H and O–H groups in total. The van der Waals surface area contributed by atoms with E-state index in [1.165, 1.54) is 11.5 Å². The molecule has 0 atom stereocenters. The van der Waals surface area contributed by atoms with E-state index < -0.39 is 0 Å². The molecule has 5 heteroatoms. The van der Waals surface area contributed by atoms with Crippen LogP contribution in [-0.2, 0) is 0 Å². The lowest BCUT2D eigenvalue weighted by Gasteiger charge is -1.97. The summed E-state index contributed by atoms with van der Waals surface area (Å²) >= 11 is 1.18. The second-order valence-electron chi connectivity index (χ2n) is 2.05. The summed E-state index contributed by atoms with van der Waals surface area (Å²) in [5.41, 5.74) is 0.406. The predicted octanol–water partition coefficient (Wildman–Crippen LogP) is 0.678. The molecule has 11 heavy (non-hydrogen) atoms. The van der Waals surface area contributed by atoms with Crippen LogP contribution in [0.3, 0.4) is 0 Å². The molecule has 0 aromatic carbocycles. The van der Waals surface area contributed by atoms with Gasteiger partial charge in [0.05, 0.1) is 0 Å². The number of hydrogen-bond acceptors (Lipinski definition) is 4. The Morgan fingerprint density at radius 2 is 2.64 bits per heavy atom. The fourth-order valence-corrected chi connectivity index (χ4v) is 1.03. The van der Waals surface area contributed by atoms with Crippen molar-refractivity contribution in [1.82, 2.24) is 14.9 Å². The first-order chi connectivity index (χ1) is 5.34. The van der Waals surface area contributed by atoms with Crippen molar-refractivity contribution >= 4 is 17.4 Å². The van der Waals surface area contributed by atoms with Crippen LogP contribution in [0, 0.1) is 0 Å². The van der Waals surface area contributed by atoms with Gasteiger partial charge in [-0.05, 0) is 18.0 Å². The fourth-order valence-electron chi connectivity index (χ4n) is 0.593. The van der Waals surface area contributed by atoms with Crippen LogP contribution in [0.4, 0.5) is 0 Å². The van der Waals surface area contributed by atoms with Gasteiger partial charge in [0.2, 0.25) is 0 Å². The van der Waals surface area contributed by atoms with Crippen LogP contribution < -0.4 is 5.32 Å². The molecule has 1 rings (SSSR count). The summed E-state index contributed by atoms with van der Waals surface area (Å²) in [5.74, 6) is -0.138. The number of nitrogens with one attached hydrogen (secondary N) is 1. The summed E-state index contributed by atoms with van der Waals surface area (Å²) in [6, 6.07) is 0. The van der Waals surface area contributed by atoms with Crippen molar-refractivity contribution in [2.45, 2.75) is 13.3 Å². The van der Waals surface area contributed by atoms with E-state index in [1.54, 1.807) is 5.38 Å². The van der Waals surface area contributed by atoms with Crippen molar-refractivity contribution in [3.05, 3.63) is 11.1 Å². The monoisotopic (exact) mass is 171 g/mol. The third-order valence-corrected chi connectivity index (χ3v) is 1.63. The van der Waals surface area contributed by atoms with Crippen LogP contribution in [0.15, 0.2) is 5.38 Å². The van der Waals surface area contributed by atoms with Gasteiger partial charge in [0.25, 0.3) is 5.91 Å². The lowest BCUT2D eigenvalue weighted by atomic mass is 10.4. The Hall–Kier alpha value is -0.970. The molecule has 1 amide bonds. The van der Waals surface area contributed by atoms with Gasteiger partial charge in [-0.2, -0.15) is 0 Å². The summed E-state index contributed by atoms with van der Waals surface area (Å²) in [4.78, 5) is 11.1. The average molecular weight is 171 g/mol. The number of aromatic nitrogens is 2. The Labute approximate surface area is 68.8 Å². The molecule has 0 saturated carbocycles. The van der Waals surface area contributed by atoms with Gasteiger partial charge in [0.1, 0.15) is 0 Å². The van der Waals surface area contributed by atoms with Crippen molar-refractivity contribution < 1.29 is 4.79 Å². The second-order valence-corrected chi connectivity index (χ2v) is 2.66. The third-order valence-electron chi connectivity index (χ3n) is 1.13. The van der Waals surface area contributed by atoms with Crippen LogP contribution in [-0.4, -0.2) is 22.0 Å². The van der Waals surface area contributed by atoms with Gasteiger partial charge in [0.15, 0.2) is 5.69 Å². The van der Waals surface area contributed by atoms with Gasteiger partial charge in [-0.1, -0.05) is 11.4 Å². The Kier molecular flexibility index (Phi) is 2.97. The molecule has 0 fully saturated rings. The highest BCUT2D eigenvalue weighted by Gasteiger charge is 2.05. The molecule has 4 nitrogen and oxygen atoms in total. The summed E-state index contributed by atoms with van der Waals surface area (Å²) in [6.45, 7) is 2.69. The summed E-state index contributed by atoms with van der Waals surface area (Å²) in [5, 5.41) is 7.96. The first-order valence-corrected chi connectivity index (χ1v) is 4.23. The standard InChI is InChI=1S/C6H9N3OS/c1-2-3-7-6(10)5-4-11-9-8-5/h4H,2-3H2,1H3,(H,7,10). The first kappa shape index (κ1) is 8.13. The normalized spacial score (nSPS) is 9.55. The van der Waals surface area contributed by atoms with Gasteiger partial charge >= 0.3 is 0 Å². The number of rotatable bonds is 3. The van der Waals surface area contributed by atoms with Crippen molar-refractivity contribution in [2.75, 3.05) is 6.54 Å². The average Bonchev–Trinajstić information content (AvgIpc) is 2.52. The molecule has 1 aromatic heterocycles. The maximum absolute atomic E-state index is 11.1. The maximum Gasteiger partial charge on any atom is 0.272 e. The molecular weight excluding hydrogens is 162 g/mol. The molecule has 0 aliphatic heterocycles. The van der Waals surface area contributed by atoms with Crippen LogP contribution in [0.2, 0.25) is 0 Å². The summed E-state index contributed by atoms with van der Waals surface area (Å²) in [6.07, 6.45) is 0.934. The molecule has 0 spiro atoms. The minimum atomic E-state index is -0.138. The molecule has 0 saturated heterocycles. The smallest absolute Gasteiger partial charge is 0.272 e. The molecule has 0 aliphatic rings. The van der Waals surface area contributed by atoms with E-state index in [1.807, 2.05) is 6.92 Å². The van der Waals surface area contributed by atoms with Crippen molar-refractivity contribution in [1.29, 1.82) is 0 Å². The topological polar surface area (TPSA) is 54.9 Å². The largest absolute Gasteiger partial charge is 0.351 e. The van der Waals surface area contributed by atoms with E-state index in [2.05, 4.69) is 14.9 Å². The van der Waals surface area contributed by atoms with Crippen LogP contribution in [0.5, 0.6) is 0 Å². The van der Waals surface area contributed by atoms with E-state index in [9.17, 15) is 4.79 Å². The maximum atomic E-state index is 11.1. The number of carbonyl (C=O) groups is 1. The second kappa shape index (κ2) is 4.02. The summed E-state index contributed by atoms with van der Waals surface area (Å²) < 4.78 is 3.58. The van der Waals surface area contributed by atoms with Gasteiger partial charge < -0.3 is 5.32 Å². The van der Waals surface area contributed by atoms with E-state index in [-0.39, 0.29) is 5.91 Å². The Morgan fingerprint density at radius 3 is 3.18 bits per heavy atom. The molecule has 1 heterocycles. The highest BCUT2D eigenvalue weighted by molar-refractivity contribution is 7.03.